The van der Waals surface area contributed by atoms with Gasteiger partial charge in [0.1, 0.15) is 24.0 Å². The van der Waals surface area contributed by atoms with E-state index in [9.17, 15) is 22.0 Å². The molecule has 0 saturated heterocycles. The second-order valence-corrected chi connectivity index (χ2v) is 9.03. The first-order chi connectivity index (χ1) is 15.2. The largest absolute Gasteiger partial charge is 0.492 e. The number of hydrogen-bond donors (Lipinski definition) is 1. The Bertz CT molecular complexity index is 1200. The van der Waals surface area contributed by atoms with Gasteiger partial charge in [-0.1, -0.05) is 11.6 Å². The molecular formula is C22H19ClF2N2O4S. The minimum absolute atomic E-state index is 0.0259. The van der Waals surface area contributed by atoms with Gasteiger partial charge in [0.2, 0.25) is 0 Å². The van der Waals surface area contributed by atoms with Crippen molar-refractivity contribution < 1.29 is 26.7 Å². The number of sulfonamides is 1. The van der Waals surface area contributed by atoms with Crippen LogP contribution in [-0.2, 0) is 10.0 Å². The standard InChI is InChI=1S/C22H19ClF2N2O4S/c1-27(17-6-2-15(24)3-7-17)32(29,30)19-10-11-21(23)20(14-19)22(28)26-12-13-31-18-8-4-16(25)5-9-18/h2-11,14H,12-13H2,1H3,(H,26,28). The Morgan fingerprint density at radius 3 is 2.22 bits per heavy atom. The molecule has 168 valence electrons. The van der Waals surface area contributed by atoms with Crippen LogP contribution in [0.4, 0.5) is 14.5 Å². The van der Waals surface area contributed by atoms with E-state index in [2.05, 4.69) is 5.32 Å². The molecule has 0 saturated carbocycles. The molecule has 1 amide bonds. The maximum atomic E-state index is 13.1. The molecule has 3 aromatic rings. The molecule has 0 aliphatic heterocycles. The lowest BCUT2D eigenvalue weighted by Crippen LogP contribution is -2.29. The van der Waals surface area contributed by atoms with Crippen molar-refractivity contribution >= 4 is 33.2 Å². The molecule has 0 aromatic heterocycles. The average Bonchev–Trinajstić information content (AvgIpc) is 2.78. The van der Waals surface area contributed by atoms with Gasteiger partial charge in [0.25, 0.3) is 15.9 Å². The summed E-state index contributed by atoms with van der Waals surface area (Å²) < 4.78 is 58.3. The number of anilines is 1. The minimum Gasteiger partial charge on any atom is -0.492 e. The maximum Gasteiger partial charge on any atom is 0.264 e. The lowest BCUT2D eigenvalue weighted by Gasteiger charge is -2.20. The number of halogens is 3. The first-order valence-electron chi connectivity index (χ1n) is 9.39. The van der Waals surface area contributed by atoms with Crippen LogP contribution in [0.5, 0.6) is 5.75 Å². The summed E-state index contributed by atoms with van der Waals surface area (Å²) in [5, 5.41) is 2.67. The smallest absolute Gasteiger partial charge is 0.264 e. The summed E-state index contributed by atoms with van der Waals surface area (Å²) in [6, 6.07) is 14.2. The van der Waals surface area contributed by atoms with Crippen LogP contribution in [0.2, 0.25) is 5.02 Å². The molecule has 0 spiro atoms. The molecule has 0 aliphatic carbocycles. The number of amides is 1. The highest BCUT2D eigenvalue weighted by atomic mass is 35.5. The molecule has 3 aromatic carbocycles. The third-order valence-corrected chi connectivity index (χ3v) is 6.61. The maximum absolute atomic E-state index is 13.1. The van der Waals surface area contributed by atoms with Crippen LogP contribution in [0, 0.1) is 11.6 Å². The van der Waals surface area contributed by atoms with Crippen LogP contribution in [-0.4, -0.2) is 34.5 Å². The number of rotatable bonds is 8. The highest BCUT2D eigenvalue weighted by Crippen LogP contribution is 2.26. The summed E-state index contributed by atoms with van der Waals surface area (Å²) >= 11 is 6.10. The first-order valence-corrected chi connectivity index (χ1v) is 11.2. The SMILES string of the molecule is CN(c1ccc(F)cc1)S(=O)(=O)c1ccc(Cl)c(C(=O)NCCOc2ccc(F)cc2)c1. The molecule has 0 aliphatic rings. The van der Waals surface area contributed by atoms with E-state index in [1.807, 2.05) is 0 Å². The van der Waals surface area contributed by atoms with Gasteiger partial charge in [-0.2, -0.15) is 0 Å². The Hall–Kier alpha value is -3.17. The summed E-state index contributed by atoms with van der Waals surface area (Å²) in [4.78, 5) is 12.4. The van der Waals surface area contributed by atoms with Gasteiger partial charge in [0, 0.05) is 7.05 Å². The van der Waals surface area contributed by atoms with Crippen molar-refractivity contribution in [1.29, 1.82) is 0 Å². The van der Waals surface area contributed by atoms with Gasteiger partial charge in [0.05, 0.1) is 27.7 Å². The monoisotopic (exact) mass is 480 g/mol. The van der Waals surface area contributed by atoms with Crippen molar-refractivity contribution in [2.24, 2.45) is 0 Å². The molecule has 0 unspecified atom stereocenters. The molecule has 0 atom stereocenters. The van der Waals surface area contributed by atoms with Gasteiger partial charge in [-0.25, -0.2) is 17.2 Å². The molecular weight excluding hydrogens is 462 g/mol. The molecule has 0 fully saturated rings. The number of hydrogen-bond acceptors (Lipinski definition) is 4. The van der Waals surface area contributed by atoms with E-state index in [0.717, 1.165) is 16.4 Å². The van der Waals surface area contributed by atoms with Crippen LogP contribution in [0.15, 0.2) is 71.6 Å². The van der Waals surface area contributed by atoms with Crippen LogP contribution < -0.4 is 14.4 Å². The lowest BCUT2D eigenvalue weighted by atomic mass is 10.2. The zero-order valence-electron chi connectivity index (χ0n) is 16.9. The number of benzene rings is 3. The van der Waals surface area contributed by atoms with Gasteiger partial charge < -0.3 is 10.1 Å². The van der Waals surface area contributed by atoms with Crippen molar-refractivity contribution in [3.8, 4) is 5.75 Å². The van der Waals surface area contributed by atoms with Crippen molar-refractivity contribution in [3.05, 3.63) is 89.0 Å². The van der Waals surface area contributed by atoms with E-state index in [0.29, 0.717) is 5.75 Å². The zero-order chi connectivity index (χ0) is 23.3. The van der Waals surface area contributed by atoms with Crippen molar-refractivity contribution in [2.45, 2.75) is 4.90 Å². The second kappa shape index (κ2) is 9.97. The molecule has 1 N–H and O–H groups in total. The second-order valence-electron chi connectivity index (χ2n) is 6.65. The quantitative estimate of drug-likeness (QED) is 0.489. The molecule has 10 heteroatoms. The van der Waals surface area contributed by atoms with Crippen molar-refractivity contribution in [2.75, 3.05) is 24.5 Å². The average molecular weight is 481 g/mol. The Morgan fingerprint density at radius 1 is 1.00 bits per heavy atom. The Balaban J connectivity index is 1.69. The number of carbonyl (C=O) groups excluding carboxylic acids is 1. The first kappa shape index (κ1) is 23.5. The molecule has 32 heavy (non-hydrogen) atoms. The van der Waals surface area contributed by atoms with Crippen molar-refractivity contribution in [1.82, 2.24) is 5.32 Å². The highest BCUT2D eigenvalue weighted by molar-refractivity contribution is 7.92. The lowest BCUT2D eigenvalue weighted by molar-refractivity contribution is 0.0947. The normalized spacial score (nSPS) is 11.1. The Labute approximate surface area is 189 Å². The molecule has 6 nitrogen and oxygen atoms in total. The fourth-order valence-electron chi connectivity index (χ4n) is 2.75. The van der Waals surface area contributed by atoms with Gasteiger partial charge in [-0.05, 0) is 66.7 Å². The van der Waals surface area contributed by atoms with Crippen LogP contribution >= 0.6 is 11.6 Å². The van der Waals surface area contributed by atoms with E-state index in [1.165, 1.54) is 61.6 Å². The third-order valence-electron chi connectivity index (χ3n) is 4.50. The number of nitrogens with zero attached hydrogens (tertiary/aromatic N) is 1. The summed E-state index contributed by atoms with van der Waals surface area (Å²) in [6.45, 7) is 0.222. The Morgan fingerprint density at radius 2 is 1.59 bits per heavy atom. The summed E-state index contributed by atoms with van der Waals surface area (Å²) in [6.07, 6.45) is 0. The summed E-state index contributed by atoms with van der Waals surface area (Å²) in [5.74, 6) is -1.02. The van der Waals surface area contributed by atoms with E-state index in [1.54, 1.807) is 0 Å². The topological polar surface area (TPSA) is 75.7 Å². The summed E-state index contributed by atoms with van der Waals surface area (Å²) in [7, 11) is -2.70. The van der Waals surface area contributed by atoms with E-state index in [-0.39, 0.29) is 40.1 Å². The zero-order valence-corrected chi connectivity index (χ0v) is 18.5. The number of nitrogens with one attached hydrogen (secondary N) is 1. The van der Waals surface area contributed by atoms with Crippen LogP contribution in [0.1, 0.15) is 10.4 Å². The fraction of sp³-hybridized carbons (Fsp3) is 0.136. The van der Waals surface area contributed by atoms with E-state index in [4.69, 9.17) is 16.3 Å². The summed E-state index contributed by atoms with van der Waals surface area (Å²) in [5.41, 5.74) is 0.229. The van der Waals surface area contributed by atoms with Gasteiger partial charge in [-0.3, -0.25) is 9.10 Å². The Kier molecular flexibility index (Phi) is 7.32. The third kappa shape index (κ3) is 5.54. The molecule has 0 heterocycles. The molecule has 3 rings (SSSR count). The molecule has 0 bridgehead atoms. The van der Waals surface area contributed by atoms with Crippen LogP contribution in [0.3, 0.4) is 0 Å². The van der Waals surface area contributed by atoms with Gasteiger partial charge in [0.15, 0.2) is 0 Å². The van der Waals surface area contributed by atoms with Gasteiger partial charge >= 0.3 is 0 Å². The predicted molar refractivity (Wildman–Crippen MR) is 118 cm³/mol. The predicted octanol–water partition coefficient (Wildman–Crippen LogP) is 4.25. The minimum atomic E-state index is -4.03. The number of carbonyl (C=O) groups is 1. The van der Waals surface area contributed by atoms with Crippen molar-refractivity contribution in [3.63, 3.8) is 0 Å². The van der Waals surface area contributed by atoms with E-state index >= 15 is 0 Å². The number of ether oxygens (including phenoxy) is 1. The van der Waals surface area contributed by atoms with E-state index < -0.39 is 21.7 Å². The molecule has 0 radical (unpaired) electrons. The fourth-order valence-corrected chi connectivity index (χ4v) is 4.17. The highest BCUT2D eigenvalue weighted by Gasteiger charge is 2.24. The van der Waals surface area contributed by atoms with Gasteiger partial charge in [-0.15, -0.1) is 0 Å². The van der Waals surface area contributed by atoms with Crippen LogP contribution in [0.25, 0.3) is 0 Å².